The average Bonchev–Trinajstić information content (AvgIpc) is 2.70. The fraction of sp³-hybridized carbons (Fsp3) is 0.182. The molecule has 4 heteroatoms. The first-order chi connectivity index (χ1) is 7.24. The molecule has 0 atom stereocenters. The average molecular weight is 205 g/mol. The van der Waals surface area contributed by atoms with Crippen molar-refractivity contribution in [2.24, 2.45) is 0 Å². The number of nitrogen functional groups attached to an aromatic ring is 1. The van der Waals surface area contributed by atoms with Crippen molar-refractivity contribution < 1.29 is 4.39 Å². The van der Waals surface area contributed by atoms with E-state index >= 15 is 0 Å². The molecule has 0 aliphatic rings. The molecular formula is C11H12FN3. The Hall–Kier alpha value is -1.84. The number of para-hydroxylation sites is 1. The van der Waals surface area contributed by atoms with Crippen molar-refractivity contribution >= 4 is 5.69 Å². The molecule has 2 N–H and O–H groups in total. The molecule has 78 valence electrons. The number of hydrogen-bond donors (Lipinski definition) is 1. The number of aryl methyl sites for hydroxylation is 1. The second-order valence-corrected chi connectivity index (χ2v) is 3.23. The summed E-state index contributed by atoms with van der Waals surface area (Å²) in [5.74, 6) is -0.392. The molecule has 3 nitrogen and oxygen atoms in total. The Labute approximate surface area is 87.3 Å². The summed E-state index contributed by atoms with van der Waals surface area (Å²) in [6.07, 6.45) is 1.68. The predicted octanol–water partition coefficient (Wildman–Crippen LogP) is 2.29. The Morgan fingerprint density at radius 1 is 1.40 bits per heavy atom. The minimum Gasteiger partial charge on any atom is -0.396 e. The number of benzene rings is 1. The van der Waals surface area contributed by atoms with Crippen molar-refractivity contribution in [3.05, 3.63) is 36.3 Å². The van der Waals surface area contributed by atoms with Crippen LogP contribution in [0.2, 0.25) is 0 Å². The highest BCUT2D eigenvalue weighted by Gasteiger charge is 2.10. The van der Waals surface area contributed by atoms with Crippen molar-refractivity contribution in [1.29, 1.82) is 0 Å². The van der Waals surface area contributed by atoms with Crippen molar-refractivity contribution in [3.63, 3.8) is 0 Å². The van der Waals surface area contributed by atoms with Crippen LogP contribution in [0.3, 0.4) is 0 Å². The summed E-state index contributed by atoms with van der Waals surface area (Å²) in [6, 6.07) is 6.62. The van der Waals surface area contributed by atoms with E-state index in [-0.39, 0.29) is 5.69 Å². The minimum atomic E-state index is -0.392. The van der Waals surface area contributed by atoms with Gasteiger partial charge in [-0.2, -0.15) is 5.10 Å². The van der Waals surface area contributed by atoms with Crippen molar-refractivity contribution in [3.8, 4) is 11.3 Å². The Morgan fingerprint density at radius 2 is 2.20 bits per heavy atom. The third-order valence-corrected chi connectivity index (χ3v) is 2.34. The first-order valence-electron chi connectivity index (χ1n) is 4.80. The van der Waals surface area contributed by atoms with Crippen LogP contribution in [0.15, 0.2) is 30.5 Å². The lowest BCUT2D eigenvalue weighted by Gasteiger charge is -2.08. The second-order valence-electron chi connectivity index (χ2n) is 3.23. The van der Waals surface area contributed by atoms with E-state index in [1.54, 1.807) is 23.0 Å². The van der Waals surface area contributed by atoms with Gasteiger partial charge in [0.05, 0.1) is 11.4 Å². The molecule has 0 radical (unpaired) electrons. The van der Waals surface area contributed by atoms with Crippen LogP contribution in [0.4, 0.5) is 10.1 Å². The van der Waals surface area contributed by atoms with E-state index in [1.165, 1.54) is 6.07 Å². The monoisotopic (exact) mass is 205 g/mol. The summed E-state index contributed by atoms with van der Waals surface area (Å²) in [4.78, 5) is 0. The Balaban J connectivity index is 2.59. The van der Waals surface area contributed by atoms with Crippen molar-refractivity contribution in [1.82, 2.24) is 9.78 Å². The fourth-order valence-corrected chi connectivity index (χ4v) is 1.57. The summed E-state index contributed by atoms with van der Waals surface area (Å²) in [6.45, 7) is 2.71. The van der Waals surface area contributed by atoms with E-state index in [4.69, 9.17) is 5.73 Å². The van der Waals surface area contributed by atoms with Gasteiger partial charge in [0.2, 0.25) is 0 Å². The summed E-state index contributed by atoms with van der Waals surface area (Å²) >= 11 is 0. The zero-order valence-electron chi connectivity index (χ0n) is 8.44. The molecule has 0 amide bonds. The molecule has 0 bridgehead atoms. The highest BCUT2D eigenvalue weighted by molar-refractivity contribution is 5.74. The zero-order chi connectivity index (χ0) is 10.8. The Bertz CT molecular complexity index is 476. The number of nitrogens with two attached hydrogens (primary N) is 1. The third-order valence-electron chi connectivity index (χ3n) is 2.34. The lowest BCUT2D eigenvalue weighted by molar-refractivity contribution is 0.631. The highest BCUT2D eigenvalue weighted by Crippen LogP contribution is 2.27. The van der Waals surface area contributed by atoms with Gasteiger partial charge in [-0.15, -0.1) is 0 Å². The highest BCUT2D eigenvalue weighted by atomic mass is 19.1. The molecule has 2 aromatic rings. The van der Waals surface area contributed by atoms with Crippen LogP contribution in [0.1, 0.15) is 6.92 Å². The van der Waals surface area contributed by atoms with Gasteiger partial charge in [0.15, 0.2) is 0 Å². The first-order valence-corrected chi connectivity index (χ1v) is 4.80. The molecule has 1 aromatic heterocycles. The summed E-state index contributed by atoms with van der Waals surface area (Å²) in [5.41, 5.74) is 7.39. The van der Waals surface area contributed by atoms with Gasteiger partial charge in [0, 0.05) is 18.3 Å². The van der Waals surface area contributed by atoms with Gasteiger partial charge in [0.25, 0.3) is 0 Å². The van der Waals surface area contributed by atoms with Crippen LogP contribution < -0.4 is 5.73 Å². The van der Waals surface area contributed by atoms with Gasteiger partial charge in [-0.3, -0.25) is 4.68 Å². The number of anilines is 1. The maximum atomic E-state index is 13.3. The van der Waals surface area contributed by atoms with Gasteiger partial charge in [-0.25, -0.2) is 4.39 Å². The molecule has 1 heterocycles. The molecule has 0 spiro atoms. The molecule has 0 saturated heterocycles. The van der Waals surface area contributed by atoms with E-state index in [1.807, 2.05) is 13.0 Å². The number of halogens is 1. The molecule has 0 aliphatic carbocycles. The van der Waals surface area contributed by atoms with Gasteiger partial charge >= 0.3 is 0 Å². The SMILES string of the molecule is CCn1nccc1-c1cccc(F)c1N. The number of nitrogens with zero attached hydrogens (tertiary/aromatic N) is 2. The fourth-order valence-electron chi connectivity index (χ4n) is 1.57. The lowest BCUT2D eigenvalue weighted by Crippen LogP contribution is -2.01. The van der Waals surface area contributed by atoms with E-state index in [9.17, 15) is 4.39 Å². The Morgan fingerprint density at radius 3 is 2.93 bits per heavy atom. The molecule has 0 fully saturated rings. The number of rotatable bonds is 2. The molecular weight excluding hydrogens is 193 g/mol. The van der Waals surface area contributed by atoms with Gasteiger partial charge in [-0.1, -0.05) is 12.1 Å². The standard InChI is InChI=1S/C11H12FN3/c1-2-15-10(6-7-14-15)8-4-3-5-9(12)11(8)13/h3-7H,2,13H2,1H3. The first kappa shape index (κ1) is 9.71. The smallest absolute Gasteiger partial charge is 0.146 e. The largest absolute Gasteiger partial charge is 0.396 e. The van der Waals surface area contributed by atoms with Crippen molar-refractivity contribution in [2.45, 2.75) is 13.5 Å². The van der Waals surface area contributed by atoms with Gasteiger partial charge < -0.3 is 5.73 Å². The topological polar surface area (TPSA) is 43.8 Å². The normalized spacial score (nSPS) is 10.5. The van der Waals surface area contributed by atoms with E-state index in [0.717, 1.165) is 12.2 Å². The van der Waals surface area contributed by atoms with Crippen LogP contribution in [-0.2, 0) is 6.54 Å². The summed E-state index contributed by atoms with van der Waals surface area (Å²) < 4.78 is 15.0. The molecule has 1 aromatic carbocycles. The molecule has 0 aliphatic heterocycles. The van der Waals surface area contributed by atoms with Crippen LogP contribution in [0.5, 0.6) is 0 Å². The van der Waals surface area contributed by atoms with Crippen LogP contribution in [0.25, 0.3) is 11.3 Å². The van der Waals surface area contributed by atoms with Gasteiger partial charge in [0.1, 0.15) is 5.82 Å². The molecule has 0 unspecified atom stereocenters. The Kier molecular flexibility index (Phi) is 2.41. The number of hydrogen-bond acceptors (Lipinski definition) is 2. The lowest BCUT2D eigenvalue weighted by atomic mass is 10.1. The maximum Gasteiger partial charge on any atom is 0.146 e. The third kappa shape index (κ3) is 1.58. The van der Waals surface area contributed by atoms with Crippen LogP contribution in [-0.4, -0.2) is 9.78 Å². The van der Waals surface area contributed by atoms with Crippen molar-refractivity contribution in [2.75, 3.05) is 5.73 Å². The molecule has 15 heavy (non-hydrogen) atoms. The van der Waals surface area contributed by atoms with E-state index < -0.39 is 5.82 Å². The second kappa shape index (κ2) is 3.73. The zero-order valence-corrected chi connectivity index (χ0v) is 8.44. The molecule has 0 saturated carbocycles. The molecule has 2 rings (SSSR count). The number of aromatic nitrogens is 2. The van der Waals surface area contributed by atoms with E-state index in [2.05, 4.69) is 5.10 Å². The van der Waals surface area contributed by atoms with Crippen LogP contribution in [0, 0.1) is 5.82 Å². The minimum absolute atomic E-state index is 0.174. The summed E-state index contributed by atoms with van der Waals surface area (Å²) in [5, 5.41) is 4.12. The van der Waals surface area contributed by atoms with Crippen LogP contribution >= 0.6 is 0 Å². The van der Waals surface area contributed by atoms with Gasteiger partial charge in [-0.05, 0) is 19.1 Å². The maximum absolute atomic E-state index is 13.3. The predicted molar refractivity (Wildman–Crippen MR) is 57.7 cm³/mol. The van der Waals surface area contributed by atoms with E-state index in [0.29, 0.717) is 5.56 Å². The quantitative estimate of drug-likeness (QED) is 0.764. The summed E-state index contributed by atoms with van der Waals surface area (Å²) in [7, 11) is 0.